The Morgan fingerprint density at radius 3 is 2.64 bits per heavy atom. The molecule has 1 aliphatic rings. The van der Waals surface area contributed by atoms with Crippen molar-refractivity contribution in [3.05, 3.63) is 65.2 Å². The molecule has 0 spiro atoms. The zero-order valence-corrected chi connectivity index (χ0v) is 17.8. The van der Waals surface area contributed by atoms with Crippen molar-refractivity contribution in [1.29, 1.82) is 5.26 Å². The van der Waals surface area contributed by atoms with Crippen LogP contribution in [0.15, 0.2) is 47.5 Å². The van der Waals surface area contributed by atoms with E-state index < -0.39 is 11.6 Å². The fourth-order valence-corrected chi connectivity index (χ4v) is 3.20. The molecule has 1 unspecified atom stereocenters. The molecule has 0 amide bonds. The highest BCUT2D eigenvalue weighted by Crippen LogP contribution is 2.26. The molecule has 2 aromatic carbocycles. The van der Waals surface area contributed by atoms with Crippen LogP contribution in [0.5, 0.6) is 0 Å². The molecule has 0 aliphatic carbocycles. The highest BCUT2D eigenvalue weighted by Gasteiger charge is 2.27. The van der Waals surface area contributed by atoms with Gasteiger partial charge >= 0.3 is 0 Å². The maximum Gasteiger partial charge on any atom is 0.191 e. The molecule has 0 aromatic heterocycles. The summed E-state index contributed by atoms with van der Waals surface area (Å²) < 4.78 is 27.9. The molecule has 5 nitrogen and oxygen atoms in total. The number of anilines is 1. The van der Waals surface area contributed by atoms with Crippen molar-refractivity contribution in [1.82, 2.24) is 10.6 Å². The predicted molar refractivity (Wildman–Crippen MR) is 117 cm³/mol. The Labute approximate surface area is 180 Å². The predicted octanol–water partition coefficient (Wildman–Crippen LogP) is 3.40. The maximum atomic E-state index is 14.0. The molecule has 2 N–H and O–H groups in total. The fourth-order valence-electron chi connectivity index (χ4n) is 3.20. The number of halogens is 3. The third kappa shape index (κ3) is 5.32. The number of benzene rings is 2. The molecule has 1 heterocycles. The summed E-state index contributed by atoms with van der Waals surface area (Å²) in [7, 11) is 1.67. The van der Waals surface area contributed by atoms with Crippen molar-refractivity contribution in [3.63, 3.8) is 0 Å². The maximum absolute atomic E-state index is 14.0. The van der Waals surface area contributed by atoms with Gasteiger partial charge in [0.25, 0.3) is 0 Å². The van der Waals surface area contributed by atoms with Crippen LogP contribution < -0.4 is 15.5 Å². The smallest absolute Gasteiger partial charge is 0.191 e. The van der Waals surface area contributed by atoms with Gasteiger partial charge in [-0.25, -0.2) is 8.78 Å². The van der Waals surface area contributed by atoms with Crippen LogP contribution in [0.4, 0.5) is 14.5 Å². The lowest BCUT2D eigenvalue weighted by molar-refractivity contribution is 0.576. The summed E-state index contributed by atoms with van der Waals surface area (Å²) in [5, 5.41) is 15.5. The second-order valence-electron chi connectivity index (χ2n) is 6.38. The number of nitriles is 1. The average molecular weight is 497 g/mol. The SMILES string of the molecule is CN=C(NCc1cccc(C#N)c1)NC1CCN(c2c(F)cccc2F)C1.I. The van der Waals surface area contributed by atoms with Crippen molar-refractivity contribution in [2.45, 2.75) is 19.0 Å². The van der Waals surface area contributed by atoms with E-state index in [2.05, 4.69) is 21.7 Å². The standard InChI is InChI=1S/C20H21F2N5.HI/c1-24-20(25-12-15-5-2-4-14(10-15)11-23)26-16-8-9-27(13-16)19-17(21)6-3-7-18(19)22;/h2-7,10,16H,8-9,12-13H2,1H3,(H2,24,25,26);1H. The van der Waals surface area contributed by atoms with Gasteiger partial charge in [-0.2, -0.15) is 5.26 Å². The van der Waals surface area contributed by atoms with Crippen molar-refractivity contribution < 1.29 is 8.78 Å². The van der Waals surface area contributed by atoms with Gasteiger partial charge in [-0.1, -0.05) is 18.2 Å². The van der Waals surface area contributed by atoms with Gasteiger partial charge in [-0.15, -0.1) is 24.0 Å². The van der Waals surface area contributed by atoms with Crippen LogP contribution in [-0.2, 0) is 6.54 Å². The minimum absolute atomic E-state index is 0. The van der Waals surface area contributed by atoms with Gasteiger partial charge in [-0.05, 0) is 36.2 Å². The quantitative estimate of drug-likeness (QED) is 0.386. The first kappa shape index (κ1) is 21.9. The van der Waals surface area contributed by atoms with Gasteiger partial charge in [-0.3, -0.25) is 4.99 Å². The molecule has 1 saturated heterocycles. The monoisotopic (exact) mass is 497 g/mol. The van der Waals surface area contributed by atoms with Crippen LogP contribution in [0.1, 0.15) is 17.5 Å². The molecular formula is C20H22F2IN5. The Morgan fingerprint density at radius 1 is 1.25 bits per heavy atom. The molecule has 3 rings (SSSR count). The Morgan fingerprint density at radius 2 is 1.96 bits per heavy atom. The highest BCUT2D eigenvalue weighted by molar-refractivity contribution is 14.0. The summed E-state index contributed by atoms with van der Waals surface area (Å²) in [6.07, 6.45) is 0.748. The van der Waals surface area contributed by atoms with E-state index in [1.54, 1.807) is 18.0 Å². The Bertz CT molecular complexity index is 861. The second kappa shape index (κ2) is 10.2. The molecule has 0 radical (unpaired) electrons. The summed E-state index contributed by atoms with van der Waals surface area (Å²) in [5.74, 6) is -0.482. The van der Waals surface area contributed by atoms with Gasteiger partial charge in [0.15, 0.2) is 5.96 Å². The van der Waals surface area contributed by atoms with Crippen molar-refractivity contribution in [2.75, 3.05) is 25.0 Å². The molecule has 8 heteroatoms. The number of para-hydroxylation sites is 1. The van der Waals surface area contributed by atoms with Gasteiger partial charge < -0.3 is 15.5 Å². The summed E-state index contributed by atoms with van der Waals surface area (Å²) in [6, 6.07) is 13.4. The van der Waals surface area contributed by atoms with Crippen molar-refractivity contribution in [2.24, 2.45) is 4.99 Å². The third-order valence-electron chi connectivity index (χ3n) is 4.52. The Balaban J connectivity index is 0.00000280. The van der Waals surface area contributed by atoms with Gasteiger partial charge in [0.2, 0.25) is 0 Å². The summed E-state index contributed by atoms with van der Waals surface area (Å²) in [5.41, 5.74) is 1.60. The average Bonchev–Trinajstić information content (AvgIpc) is 3.13. The van der Waals surface area contributed by atoms with E-state index in [1.807, 2.05) is 18.2 Å². The van der Waals surface area contributed by atoms with E-state index in [9.17, 15) is 8.78 Å². The van der Waals surface area contributed by atoms with Crippen molar-refractivity contribution in [3.8, 4) is 6.07 Å². The Hall–Kier alpha value is -2.41. The van der Waals surface area contributed by atoms with E-state index in [1.165, 1.54) is 18.2 Å². The van der Waals surface area contributed by atoms with Crippen LogP contribution in [-0.4, -0.2) is 32.1 Å². The molecule has 1 aliphatic heterocycles. The summed E-state index contributed by atoms with van der Waals surface area (Å²) in [4.78, 5) is 5.92. The molecule has 148 valence electrons. The molecule has 2 aromatic rings. The van der Waals surface area contributed by atoms with Gasteiger partial charge in [0, 0.05) is 32.7 Å². The molecule has 1 atom stereocenters. The number of nitrogens with one attached hydrogen (secondary N) is 2. The lowest BCUT2D eigenvalue weighted by Gasteiger charge is -2.21. The van der Waals surface area contributed by atoms with E-state index in [0.29, 0.717) is 31.2 Å². The second-order valence-corrected chi connectivity index (χ2v) is 6.38. The molecule has 0 saturated carbocycles. The fraction of sp³-hybridized carbons (Fsp3) is 0.300. The first-order valence-corrected chi connectivity index (χ1v) is 8.76. The first-order valence-electron chi connectivity index (χ1n) is 8.76. The van der Waals surface area contributed by atoms with Crippen LogP contribution in [0.3, 0.4) is 0 Å². The highest BCUT2D eigenvalue weighted by atomic mass is 127. The van der Waals surface area contributed by atoms with E-state index in [-0.39, 0.29) is 35.7 Å². The summed E-state index contributed by atoms with van der Waals surface area (Å²) >= 11 is 0. The van der Waals surface area contributed by atoms with Crippen LogP contribution >= 0.6 is 24.0 Å². The normalized spacial score (nSPS) is 16.3. The third-order valence-corrected chi connectivity index (χ3v) is 4.52. The molecule has 28 heavy (non-hydrogen) atoms. The zero-order chi connectivity index (χ0) is 19.2. The molecule has 1 fully saturated rings. The topological polar surface area (TPSA) is 63.5 Å². The number of guanidine groups is 1. The molecular weight excluding hydrogens is 475 g/mol. The number of hydrogen-bond donors (Lipinski definition) is 2. The summed E-state index contributed by atoms with van der Waals surface area (Å²) in [6.45, 7) is 1.58. The lowest BCUT2D eigenvalue weighted by atomic mass is 10.1. The number of aliphatic imine (C=N–C) groups is 1. The minimum Gasteiger partial charge on any atom is -0.365 e. The minimum atomic E-state index is -0.546. The van der Waals surface area contributed by atoms with Crippen molar-refractivity contribution >= 4 is 35.6 Å². The van der Waals surface area contributed by atoms with E-state index >= 15 is 0 Å². The van der Waals surface area contributed by atoms with Gasteiger partial charge in [0.05, 0.1) is 11.6 Å². The molecule has 0 bridgehead atoms. The zero-order valence-electron chi connectivity index (χ0n) is 15.5. The Kier molecular flexibility index (Phi) is 7.99. The number of rotatable bonds is 4. The number of nitrogens with zero attached hydrogens (tertiary/aromatic N) is 3. The van der Waals surface area contributed by atoms with Crippen LogP contribution in [0, 0.1) is 23.0 Å². The van der Waals surface area contributed by atoms with E-state index in [0.717, 1.165) is 12.0 Å². The first-order chi connectivity index (χ1) is 13.1. The van der Waals surface area contributed by atoms with Gasteiger partial charge in [0.1, 0.15) is 17.3 Å². The lowest BCUT2D eigenvalue weighted by Crippen LogP contribution is -2.44. The van der Waals surface area contributed by atoms with Crippen LogP contribution in [0.2, 0.25) is 0 Å². The largest absolute Gasteiger partial charge is 0.365 e. The van der Waals surface area contributed by atoms with E-state index in [4.69, 9.17) is 5.26 Å². The number of hydrogen-bond acceptors (Lipinski definition) is 3. The van der Waals surface area contributed by atoms with Crippen LogP contribution in [0.25, 0.3) is 0 Å².